The number of hydrogen-bond acceptors (Lipinski definition) is 4. The van der Waals surface area contributed by atoms with Crippen molar-refractivity contribution in [2.45, 2.75) is 20.0 Å². The smallest absolute Gasteiger partial charge is 0.270 e. The van der Waals surface area contributed by atoms with E-state index in [2.05, 4.69) is 6.92 Å². The van der Waals surface area contributed by atoms with Crippen molar-refractivity contribution in [3.05, 3.63) is 99.4 Å². The summed E-state index contributed by atoms with van der Waals surface area (Å²) in [5.41, 5.74) is 3.86. The molecule has 3 nitrogen and oxygen atoms in total. The van der Waals surface area contributed by atoms with E-state index in [4.69, 9.17) is 28.6 Å². The molecular formula is C25H20ClNO2S2. The minimum Gasteiger partial charge on any atom is -0.489 e. The number of anilines is 1. The minimum absolute atomic E-state index is 0.0988. The first-order chi connectivity index (χ1) is 15.0. The van der Waals surface area contributed by atoms with Crippen molar-refractivity contribution in [2.24, 2.45) is 0 Å². The van der Waals surface area contributed by atoms with Gasteiger partial charge in [-0.3, -0.25) is 9.69 Å². The van der Waals surface area contributed by atoms with Crippen molar-refractivity contribution in [3.63, 3.8) is 0 Å². The Morgan fingerprint density at radius 2 is 1.74 bits per heavy atom. The highest BCUT2D eigenvalue weighted by Crippen LogP contribution is 2.36. The number of hydrogen-bond donors (Lipinski definition) is 0. The van der Waals surface area contributed by atoms with Crippen LogP contribution in [0.3, 0.4) is 0 Å². The van der Waals surface area contributed by atoms with Gasteiger partial charge in [0.05, 0.1) is 10.6 Å². The lowest BCUT2D eigenvalue weighted by Crippen LogP contribution is -2.27. The Hall–Kier alpha value is -2.60. The van der Waals surface area contributed by atoms with E-state index in [1.54, 1.807) is 4.90 Å². The monoisotopic (exact) mass is 465 g/mol. The van der Waals surface area contributed by atoms with Crippen molar-refractivity contribution in [3.8, 4) is 5.75 Å². The summed E-state index contributed by atoms with van der Waals surface area (Å²) in [6.07, 6.45) is 2.81. The Morgan fingerprint density at radius 3 is 2.42 bits per heavy atom. The molecule has 31 heavy (non-hydrogen) atoms. The number of rotatable bonds is 6. The van der Waals surface area contributed by atoms with Crippen LogP contribution in [0.4, 0.5) is 5.69 Å². The number of aryl methyl sites for hydroxylation is 1. The number of carbonyl (C=O) groups excluding carboxylic acids is 1. The minimum atomic E-state index is -0.0988. The molecule has 0 bridgehead atoms. The van der Waals surface area contributed by atoms with E-state index in [0.717, 1.165) is 29.0 Å². The van der Waals surface area contributed by atoms with Crippen LogP contribution < -0.4 is 9.64 Å². The molecule has 1 saturated heterocycles. The molecule has 156 valence electrons. The lowest BCUT2D eigenvalue weighted by Gasteiger charge is -2.14. The second kappa shape index (κ2) is 9.69. The molecule has 1 fully saturated rings. The maximum Gasteiger partial charge on any atom is 0.270 e. The molecular weight excluding hydrogens is 446 g/mol. The number of amides is 1. The Balaban J connectivity index is 1.45. The van der Waals surface area contributed by atoms with E-state index in [-0.39, 0.29) is 5.91 Å². The van der Waals surface area contributed by atoms with Crippen LogP contribution in [0.1, 0.15) is 23.6 Å². The average Bonchev–Trinajstić information content (AvgIpc) is 3.07. The molecule has 0 aliphatic carbocycles. The lowest BCUT2D eigenvalue weighted by atomic mass is 10.1. The second-order valence-corrected chi connectivity index (χ2v) is 9.07. The molecule has 0 aromatic heterocycles. The fourth-order valence-corrected chi connectivity index (χ4v) is 4.65. The van der Waals surface area contributed by atoms with Gasteiger partial charge in [0, 0.05) is 10.6 Å². The summed E-state index contributed by atoms with van der Waals surface area (Å²) >= 11 is 13.0. The molecule has 1 amide bonds. The van der Waals surface area contributed by atoms with Crippen molar-refractivity contribution in [1.82, 2.24) is 0 Å². The first-order valence-electron chi connectivity index (χ1n) is 9.88. The van der Waals surface area contributed by atoms with Crippen LogP contribution in [-0.4, -0.2) is 10.2 Å². The van der Waals surface area contributed by atoms with E-state index in [9.17, 15) is 4.79 Å². The Labute approximate surface area is 196 Å². The molecule has 0 saturated carbocycles. The van der Waals surface area contributed by atoms with Crippen LogP contribution in [0.15, 0.2) is 77.7 Å². The van der Waals surface area contributed by atoms with Crippen LogP contribution in [0.2, 0.25) is 5.02 Å². The van der Waals surface area contributed by atoms with Gasteiger partial charge in [0.1, 0.15) is 12.4 Å². The molecule has 0 unspecified atom stereocenters. The molecule has 3 aromatic rings. The number of thiocarbonyl (C=S) groups is 1. The van der Waals surface area contributed by atoms with Gasteiger partial charge < -0.3 is 4.74 Å². The molecule has 3 aromatic carbocycles. The van der Waals surface area contributed by atoms with Crippen LogP contribution in [0.5, 0.6) is 5.75 Å². The predicted octanol–water partition coefficient (Wildman–Crippen LogP) is 6.89. The zero-order valence-corrected chi connectivity index (χ0v) is 19.3. The number of carbonyl (C=O) groups is 1. The second-order valence-electron chi connectivity index (χ2n) is 6.99. The standard InChI is InChI=1S/C25H20ClNO2S2/c1-2-17-7-11-20(12-8-17)27-24(28)23(31-25(27)30)15-18-9-13-21(14-10-18)29-16-19-5-3-4-6-22(19)26/h3-15H,2,16H2,1H3/b23-15-. The quantitative estimate of drug-likeness (QED) is 0.293. The van der Waals surface area contributed by atoms with Crippen LogP contribution in [0.25, 0.3) is 6.08 Å². The van der Waals surface area contributed by atoms with Gasteiger partial charge in [-0.25, -0.2) is 0 Å². The molecule has 4 rings (SSSR count). The van der Waals surface area contributed by atoms with Crippen LogP contribution in [0, 0.1) is 0 Å². The SMILES string of the molecule is CCc1ccc(N2C(=O)/C(=C/c3ccc(OCc4ccccc4Cl)cc3)SC2=S)cc1. The molecule has 1 aliphatic rings. The van der Waals surface area contributed by atoms with E-state index >= 15 is 0 Å². The van der Waals surface area contributed by atoms with E-state index in [1.807, 2.05) is 78.9 Å². The van der Waals surface area contributed by atoms with Gasteiger partial charge in [-0.1, -0.05) is 85.0 Å². The number of thioether (sulfide) groups is 1. The molecule has 6 heteroatoms. The summed E-state index contributed by atoms with van der Waals surface area (Å²) in [5.74, 6) is 0.638. The van der Waals surface area contributed by atoms with Gasteiger partial charge in [0.15, 0.2) is 4.32 Å². The van der Waals surface area contributed by atoms with E-state index in [0.29, 0.717) is 20.9 Å². The summed E-state index contributed by atoms with van der Waals surface area (Å²) < 4.78 is 6.37. The fourth-order valence-electron chi connectivity index (χ4n) is 3.16. The summed E-state index contributed by atoms with van der Waals surface area (Å²) in [4.78, 5) is 15.1. The van der Waals surface area contributed by atoms with E-state index < -0.39 is 0 Å². The van der Waals surface area contributed by atoms with Crippen molar-refractivity contribution in [2.75, 3.05) is 4.90 Å². The molecule has 1 heterocycles. The summed E-state index contributed by atoms with van der Waals surface area (Å²) in [5, 5.41) is 0.686. The Kier molecular flexibility index (Phi) is 6.76. The fraction of sp³-hybridized carbons (Fsp3) is 0.120. The maximum atomic E-state index is 12.9. The van der Waals surface area contributed by atoms with Crippen molar-refractivity contribution in [1.29, 1.82) is 0 Å². The van der Waals surface area contributed by atoms with Crippen molar-refractivity contribution < 1.29 is 9.53 Å². The molecule has 0 atom stereocenters. The zero-order valence-electron chi connectivity index (χ0n) is 16.9. The average molecular weight is 466 g/mol. The summed E-state index contributed by atoms with van der Waals surface area (Å²) in [7, 11) is 0. The topological polar surface area (TPSA) is 29.5 Å². The largest absolute Gasteiger partial charge is 0.489 e. The molecule has 0 spiro atoms. The number of halogens is 1. The Morgan fingerprint density at radius 1 is 1.03 bits per heavy atom. The first kappa shape index (κ1) is 21.6. The van der Waals surface area contributed by atoms with Crippen LogP contribution in [-0.2, 0) is 17.8 Å². The van der Waals surface area contributed by atoms with E-state index in [1.165, 1.54) is 17.3 Å². The third-order valence-corrected chi connectivity index (χ3v) is 6.60. The highest BCUT2D eigenvalue weighted by molar-refractivity contribution is 8.27. The summed E-state index contributed by atoms with van der Waals surface area (Å²) in [6.45, 7) is 2.50. The normalized spacial score (nSPS) is 15.0. The van der Waals surface area contributed by atoms with Crippen molar-refractivity contribution >= 4 is 57.6 Å². The molecule has 0 radical (unpaired) electrons. The maximum absolute atomic E-state index is 12.9. The van der Waals surface area contributed by atoms with Gasteiger partial charge in [-0.15, -0.1) is 0 Å². The lowest BCUT2D eigenvalue weighted by molar-refractivity contribution is -0.113. The molecule has 0 N–H and O–H groups in total. The van der Waals surface area contributed by atoms with Gasteiger partial charge in [-0.05, 0) is 54.0 Å². The van der Waals surface area contributed by atoms with Gasteiger partial charge in [0.2, 0.25) is 0 Å². The highest BCUT2D eigenvalue weighted by Gasteiger charge is 2.33. The van der Waals surface area contributed by atoms with Gasteiger partial charge in [0.25, 0.3) is 5.91 Å². The third kappa shape index (κ3) is 5.01. The van der Waals surface area contributed by atoms with Crippen LogP contribution >= 0.6 is 35.6 Å². The first-order valence-corrected chi connectivity index (χ1v) is 11.5. The number of ether oxygens (including phenoxy) is 1. The summed E-state index contributed by atoms with van der Waals surface area (Å²) in [6, 6.07) is 23.2. The molecule has 1 aliphatic heterocycles. The predicted molar refractivity (Wildman–Crippen MR) is 134 cm³/mol. The van der Waals surface area contributed by atoms with Gasteiger partial charge in [-0.2, -0.15) is 0 Å². The zero-order chi connectivity index (χ0) is 21.8. The number of nitrogens with zero attached hydrogens (tertiary/aromatic N) is 1. The number of benzene rings is 3. The van der Waals surface area contributed by atoms with Gasteiger partial charge >= 0.3 is 0 Å². The third-order valence-electron chi connectivity index (χ3n) is 4.93. The highest BCUT2D eigenvalue weighted by atomic mass is 35.5. The Bertz CT molecular complexity index is 1140.